The molecule has 0 bridgehead atoms. The molecule has 50 heavy (non-hydrogen) atoms. The van der Waals surface area contributed by atoms with Gasteiger partial charge in [-0.3, -0.25) is 0 Å². The summed E-state index contributed by atoms with van der Waals surface area (Å²) in [5.74, 6) is 19.9. The molecule has 0 unspecified atom stereocenters. The number of fused-ring (bicyclic) bond motifs is 1. The van der Waals surface area contributed by atoms with Gasteiger partial charge in [0.05, 0.1) is 0 Å². The highest BCUT2D eigenvalue weighted by Crippen LogP contribution is 2.39. The molecule has 0 fully saturated rings. The van der Waals surface area contributed by atoms with Crippen LogP contribution >= 0.6 is 0 Å². The van der Waals surface area contributed by atoms with Crippen LogP contribution in [0.4, 0.5) is 0 Å². The Morgan fingerprint density at radius 2 is 0.560 bits per heavy atom. The Morgan fingerprint density at radius 3 is 0.940 bits per heavy atom. The predicted molar refractivity (Wildman–Crippen MR) is 212 cm³/mol. The third kappa shape index (κ3) is 4.01. The lowest BCUT2D eigenvalue weighted by Crippen LogP contribution is -1.90. The number of hydrogen-bond acceptors (Lipinski definition) is 0. The van der Waals surface area contributed by atoms with E-state index in [0.717, 1.165) is 65.7 Å². The second-order valence-electron chi connectivity index (χ2n) is 12.8. The molecule has 0 heterocycles. The fourth-order valence-corrected chi connectivity index (χ4v) is 7.89. The normalized spacial score (nSPS) is 11.2. The largest absolute Gasteiger partial charge is 0.115 e. The molecule has 0 spiro atoms. The summed E-state index contributed by atoms with van der Waals surface area (Å²) < 4.78 is 0. The Labute approximate surface area is 289 Å². The van der Waals surface area contributed by atoms with Gasteiger partial charge in [0.2, 0.25) is 0 Å². The predicted octanol–water partition coefficient (Wildman–Crippen LogP) is 11.4. The zero-order chi connectivity index (χ0) is 33.3. The first-order valence-corrected chi connectivity index (χ1v) is 16.6. The molecule has 0 nitrogen and oxygen atoms in total. The maximum atomic E-state index is 5.88. The number of terminal acetylenes is 2. The summed E-state index contributed by atoms with van der Waals surface area (Å²) in [5, 5.41) is 16.2. The molecule has 0 radical (unpaired) electrons. The fourth-order valence-electron chi connectivity index (χ4n) is 7.89. The molecule has 0 aromatic heterocycles. The van der Waals surface area contributed by atoms with E-state index in [4.69, 9.17) is 12.8 Å². The van der Waals surface area contributed by atoms with E-state index in [9.17, 15) is 0 Å². The summed E-state index contributed by atoms with van der Waals surface area (Å²) in [5.41, 5.74) is 5.69. The average molecular weight is 625 g/mol. The van der Waals surface area contributed by atoms with Gasteiger partial charge in [0.15, 0.2) is 0 Å². The van der Waals surface area contributed by atoms with Gasteiger partial charge in [-0.05, 0) is 106 Å². The van der Waals surface area contributed by atoms with Gasteiger partial charge in [-0.1, -0.05) is 133 Å². The SMILES string of the molecule is C#Cc1ccc2ccc3c(C#Cc4cccc5cccc(C#Cc6ccc7ccc8c(C#C)ccc9ccc6c7c98)c45)ccc4ccc1c2c43. The summed E-state index contributed by atoms with van der Waals surface area (Å²) in [6, 6.07) is 46.8. The van der Waals surface area contributed by atoms with Crippen molar-refractivity contribution in [3.63, 3.8) is 0 Å². The second-order valence-corrected chi connectivity index (χ2v) is 12.8. The molecule has 224 valence electrons. The van der Waals surface area contributed by atoms with Crippen LogP contribution in [0.2, 0.25) is 0 Å². The molecule has 10 aromatic rings. The third-order valence-electron chi connectivity index (χ3n) is 10.2. The van der Waals surface area contributed by atoms with Crippen LogP contribution in [0.5, 0.6) is 0 Å². The van der Waals surface area contributed by atoms with Crippen molar-refractivity contribution in [1.82, 2.24) is 0 Å². The summed E-state index contributed by atoms with van der Waals surface area (Å²) in [7, 11) is 0. The summed E-state index contributed by atoms with van der Waals surface area (Å²) in [6.07, 6.45) is 11.8. The third-order valence-corrected chi connectivity index (χ3v) is 10.2. The van der Waals surface area contributed by atoms with Crippen LogP contribution in [0, 0.1) is 48.4 Å². The summed E-state index contributed by atoms with van der Waals surface area (Å²) >= 11 is 0. The minimum atomic E-state index is 0.910. The van der Waals surface area contributed by atoms with Crippen LogP contribution in [0.25, 0.3) is 75.4 Å². The zero-order valence-electron chi connectivity index (χ0n) is 26.9. The van der Waals surface area contributed by atoms with E-state index in [0.29, 0.717) is 0 Å². The maximum Gasteiger partial charge on any atom is 0.0340 e. The second kappa shape index (κ2) is 10.6. The van der Waals surface area contributed by atoms with E-state index < -0.39 is 0 Å². The molecule has 0 heteroatoms. The van der Waals surface area contributed by atoms with Gasteiger partial charge in [-0.15, -0.1) is 12.8 Å². The van der Waals surface area contributed by atoms with Crippen molar-refractivity contribution in [2.24, 2.45) is 0 Å². The lowest BCUT2D eigenvalue weighted by Gasteiger charge is -2.13. The van der Waals surface area contributed by atoms with Crippen molar-refractivity contribution in [3.8, 4) is 48.4 Å². The summed E-state index contributed by atoms with van der Waals surface area (Å²) in [6.45, 7) is 0. The van der Waals surface area contributed by atoms with Crippen molar-refractivity contribution in [3.05, 3.63) is 167 Å². The number of rotatable bonds is 0. The Morgan fingerprint density at radius 1 is 0.260 bits per heavy atom. The first-order valence-electron chi connectivity index (χ1n) is 16.6. The van der Waals surface area contributed by atoms with Gasteiger partial charge in [-0.2, -0.15) is 0 Å². The molecule has 0 saturated carbocycles. The van der Waals surface area contributed by atoms with Gasteiger partial charge in [0.25, 0.3) is 0 Å². The summed E-state index contributed by atoms with van der Waals surface area (Å²) in [4.78, 5) is 0. The van der Waals surface area contributed by atoms with Gasteiger partial charge >= 0.3 is 0 Å². The highest BCUT2D eigenvalue weighted by atomic mass is 14.2. The molecular formula is C50H24. The smallest absolute Gasteiger partial charge is 0.0340 e. The van der Waals surface area contributed by atoms with Gasteiger partial charge in [-0.25, -0.2) is 0 Å². The van der Waals surface area contributed by atoms with Crippen LogP contribution in [0.15, 0.2) is 133 Å². The minimum Gasteiger partial charge on any atom is -0.115 e. The molecule has 0 saturated heterocycles. The maximum absolute atomic E-state index is 5.88. The van der Waals surface area contributed by atoms with E-state index in [1.807, 2.05) is 12.1 Å². The lowest BCUT2D eigenvalue weighted by molar-refractivity contribution is 1.66. The van der Waals surface area contributed by atoms with E-state index in [-0.39, 0.29) is 0 Å². The van der Waals surface area contributed by atoms with Crippen molar-refractivity contribution in [1.29, 1.82) is 0 Å². The Kier molecular flexibility index (Phi) is 5.93. The lowest BCUT2D eigenvalue weighted by atomic mass is 9.90. The van der Waals surface area contributed by atoms with Crippen LogP contribution < -0.4 is 0 Å². The standard InChI is InChI=1S/C50H24/c1-3-31-11-17-38-25-29-44-33(15-21-40-23-27-42(31)47(38)49(40)44)13-19-36-9-5-7-35-8-6-10-37(46(35)36)20-14-34-16-22-41-24-28-43-32(4-2)12-18-39-26-30-45(34)50(41)48(39)43/h1-2,5-12,15-18,21-30H. The highest BCUT2D eigenvalue weighted by molar-refractivity contribution is 6.26. The highest BCUT2D eigenvalue weighted by Gasteiger charge is 2.14. The van der Waals surface area contributed by atoms with Crippen LogP contribution in [-0.4, -0.2) is 0 Å². The monoisotopic (exact) mass is 624 g/mol. The molecule has 10 aromatic carbocycles. The zero-order valence-corrected chi connectivity index (χ0v) is 26.9. The first-order chi connectivity index (χ1) is 24.7. The van der Waals surface area contributed by atoms with E-state index in [2.05, 4.69) is 157 Å². The quantitative estimate of drug-likeness (QED) is 0.116. The topological polar surface area (TPSA) is 0 Å². The van der Waals surface area contributed by atoms with E-state index in [1.165, 1.54) is 43.1 Å². The molecule has 0 N–H and O–H groups in total. The number of hydrogen-bond donors (Lipinski definition) is 0. The molecule has 0 atom stereocenters. The van der Waals surface area contributed by atoms with Crippen LogP contribution in [0.3, 0.4) is 0 Å². The fraction of sp³-hybridized carbons (Fsp3) is 0. The average Bonchev–Trinajstić information content (AvgIpc) is 3.17. The van der Waals surface area contributed by atoms with E-state index in [1.54, 1.807) is 0 Å². The van der Waals surface area contributed by atoms with Crippen molar-refractivity contribution in [2.75, 3.05) is 0 Å². The van der Waals surface area contributed by atoms with Gasteiger partial charge in [0, 0.05) is 38.8 Å². The molecule has 10 rings (SSSR count). The van der Waals surface area contributed by atoms with E-state index >= 15 is 0 Å². The molecule has 0 amide bonds. The molecular weight excluding hydrogens is 601 g/mol. The van der Waals surface area contributed by atoms with Crippen molar-refractivity contribution < 1.29 is 0 Å². The minimum absolute atomic E-state index is 0.910. The molecule has 0 aliphatic carbocycles. The Hall–Kier alpha value is -7.22. The number of benzene rings is 10. The van der Waals surface area contributed by atoms with Gasteiger partial charge in [0.1, 0.15) is 0 Å². The Balaban J connectivity index is 1.13. The van der Waals surface area contributed by atoms with Crippen LogP contribution in [0.1, 0.15) is 33.4 Å². The molecule has 0 aliphatic rings. The van der Waals surface area contributed by atoms with Gasteiger partial charge < -0.3 is 0 Å². The van der Waals surface area contributed by atoms with Crippen LogP contribution in [-0.2, 0) is 0 Å². The Bertz CT molecular complexity index is 3060. The molecule has 0 aliphatic heterocycles. The van der Waals surface area contributed by atoms with Crippen molar-refractivity contribution in [2.45, 2.75) is 0 Å². The van der Waals surface area contributed by atoms with Crippen molar-refractivity contribution >= 4 is 75.4 Å². The first kappa shape index (κ1) is 27.9.